The highest BCUT2D eigenvalue weighted by Gasteiger charge is 2.26. The van der Waals surface area contributed by atoms with Crippen molar-refractivity contribution in [1.82, 2.24) is 24.7 Å². The smallest absolute Gasteiger partial charge is 0.321 e. The van der Waals surface area contributed by atoms with Crippen LogP contribution in [0.15, 0.2) is 24.2 Å². The molecule has 6 heteroatoms. The van der Waals surface area contributed by atoms with E-state index in [2.05, 4.69) is 20.9 Å². The summed E-state index contributed by atoms with van der Waals surface area (Å²) in [6.07, 6.45) is 10.7. The molecule has 1 N–H and O–H groups in total. The van der Waals surface area contributed by atoms with Crippen LogP contribution >= 0.6 is 0 Å². The van der Waals surface area contributed by atoms with E-state index in [0.717, 1.165) is 25.8 Å². The lowest BCUT2D eigenvalue weighted by Crippen LogP contribution is -2.55. The molecule has 1 aromatic rings. The van der Waals surface area contributed by atoms with Gasteiger partial charge in [-0.3, -0.25) is 4.90 Å². The zero-order valence-electron chi connectivity index (χ0n) is 13.5. The van der Waals surface area contributed by atoms with Crippen LogP contribution in [0, 0.1) is 5.92 Å². The molecule has 1 saturated heterocycles. The van der Waals surface area contributed by atoms with Crippen molar-refractivity contribution in [2.45, 2.75) is 25.7 Å². The van der Waals surface area contributed by atoms with E-state index in [1.165, 1.54) is 17.7 Å². The molecule has 1 aromatic heterocycles. The first-order chi connectivity index (χ1) is 10.6. The highest BCUT2D eigenvalue weighted by molar-refractivity contribution is 5.74. The topological polar surface area (TPSA) is 55.5 Å². The first-order valence-corrected chi connectivity index (χ1v) is 7.95. The Bertz CT molecular complexity index is 525. The van der Waals surface area contributed by atoms with Crippen molar-refractivity contribution in [3.63, 3.8) is 0 Å². The number of nitrogens with zero attached hydrogens (tertiary/aromatic N) is 4. The molecule has 2 amide bonds. The first-order valence-electron chi connectivity index (χ1n) is 7.95. The van der Waals surface area contributed by atoms with Gasteiger partial charge in [0.15, 0.2) is 0 Å². The summed E-state index contributed by atoms with van der Waals surface area (Å²) in [6, 6.07) is 0.103. The Kier molecular flexibility index (Phi) is 4.47. The number of carbonyl (C=O) groups is 1. The van der Waals surface area contributed by atoms with Crippen LogP contribution in [0.1, 0.15) is 25.0 Å². The fourth-order valence-electron chi connectivity index (χ4n) is 3.53. The average Bonchev–Trinajstić information content (AvgIpc) is 2.98. The molecule has 0 aromatic carbocycles. The number of imidazole rings is 1. The predicted octanol–water partition coefficient (Wildman–Crippen LogP) is 1.89. The zero-order chi connectivity index (χ0) is 15.5. The van der Waals surface area contributed by atoms with Gasteiger partial charge in [-0.15, -0.1) is 0 Å². The maximum Gasteiger partial charge on any atom is 0.321 e. The molecule has 6 nitrogen and oxygen atoms in total. The second-order valence-corrected chi connectivity index (χ2v) is 6.58. The van der Waals surface area contributed by atoms with E-state index in [1.54, 1.807) is 16.1 Å². The van der Waals surface area contributed by atoms with E-state index >= 15 is 0 Å². The molecular formula is C16H25N5O. The molecule has 2 aliphatic rings. The lowest BCUT2D eigenvalue weighted by Gasteiger charge is -2.39. The number of amides is 2. The Morgan fingerprint density at radius 3 is 2.77 bits per heavy atom. The number of urea groups is 1. The minimum Gasteiger partial charge on any atom is -0.348 e. The van der Waals surface area contributed by atoms with Gasteiger partial charge in [0.25, 0.3) is 0 Å². The average molecular weight is 303 g/mol. The summed E-state index contributed by atoms with van der Waals surface area (Å²) in [6.45, 7) is 2.39. The summed E-state index contributed by atoms with van der Waals surface area (Å²) in [7, 11) is 3.72. The first kappa shape index (κ1) is 15.1. The summed E-state index contributed by atoms with van der Waals surface area (Å²) in [5.41, 5.74) is 2.74. The molecule has 1 aliphatic carbocycles. The summed E-state index contributed by atoms with van der Waals surface area (Å²) < 4.78 is 0. The Balaban J connectivity index is 1.54. The van der Waals surface area contributed by atoms with Crippen LogP contribution in [0.2, 0.25) is 0 Å². The number of carbonyl (C=O) groups excluding carboxylic acids is 1. The molecule has 0 saturated carbocycles. The molecule has 1 aliphatic heterocycles. The van der Waals surface area contributed by atoms with Crippen LogP contribution in [-0.4, -0.2) is 64.7 Å². The number of allylic oxidation sites excluding steroid dienone is 1. The van der Waals surface area contributed by atoms with Gasteiger partial charge in [-0.2, -0.15) is 0 Å². The van der Waals surface area contributed by atoms with Gasteiger partial charge >= 0.3 is 6.03 Å². The molecule has 1 atom stereocenters. The van der Waals surface area contributed by atoms with E-state index in [-0.39, 0.29) is 6.03 Å². The summed E-state index contributed by atoms with van der Waals surface area (Å²) in [4.78, 5) is 25.0. The zero-order valence-corrected chi connectivity index (χ0v) is 13.5. The second kappa shape index (κ2) is 6.52. The van der Waals surface area contributed by atoms with E-state index in [1.807, 2.05) is 20.3 Å². The van der Waals surface area contributed by atoms with Crippen LogP contribution in [0.25, 0.3) is 0 Å². The van der Waals surface area contributed by atoms with Crippen LogP contribution in [0.4, 0.5) is 4.79 Å². The normalized spacial score (nSPS) is 23.8. The number of hydrogen-bond acceptors (Lipinski definition) is 3. The van der Waals surface area contributed by atoms with Crippen molar-refractivity contribution < 1.29 is 4.79 Å². The number of aromatic nitrogens is 2. The third kappa shape index (κ3) is 3.50. The maximum absolute atomic E-state index is 11.8. The summed E-state index contributed by atoms with van der Waals surface area (Å²) in [5.74, 6) is 0.697. The van der Waals surface area contributed by atoms with E-state index in [9.17, 15) is 4.79 Å². The molecule has 120 valence electrons. The van der Waals surface area contributed by atoms with Crippen LogP contribution in [0.3, 0.4) is 0 Å². The fourth-order valence-corrected chi connectivity index (χ4v) is 3.53. The molecule has 0 radical (unpaired) electrons. The van der Waals surface area contributed by atoms with Gasteiger partial charge in [0.2, 0.25) is 0 Å². The van der Waals surface area contributed by atoms with Crippen LogP contribution in [-0.2, 0) is 6.42 Å². The Morgan fingerprint density at radius 1 is 1.32 bits per heavy atom. The lowest BCUT2D eigenvalue weighted by atomic mass is 9.85. The third-order valence-electron chi connectivity index (χ3n) is 4.53. The molecule has 2 heterocycles. The van der Waals surface area contributed by atoms with Gasteiger partial charge in [0.05, 0.1) is 19.7 Å². The molecule has 1 fully saturated rings. The van der Waals surface area contributed by atoms with Crippen molar-refractivity contribution in [1.29, 1.82) is 0 Å². The monoisotopic (exact) mass is 303 g/mol. The number of aromatic amines is 1. The molecule has 0 spiro atoms. The Labute approximate surface area is 131 Å². The standard InChI is InChI=1S/C16H25N5O/c1-19-11-21(12-20(2)16(19)22)9-14-5-3-4-13(6-14)7-15-8-17-10-18-15/h5,8,10,13H,3-4,6-7,9,11-12H2,1-2H3,(H,17,18). The largest absolute Gasteiger partial charge is 0.348 e. The molecular weight excluding hydrogens is 278 g/mol. The highest BCUT2D eigenvalue weighted by atomic mass is 16.2. The van der Waals surface area contributed by atoms with Crippen molar-refractivity contribution in [3.05, 3.63) is 29.9 Å². The minimum absolute atomic E-state index is 0.103. The van der Waals surface area contributed by atoms with Crippen molar-refractivity contribution in [3.8, 4) is 0 Å². The number of rotatable bonds is 4. The Morgan fingerprint density at radius 2 is 2.09 bits per heavy atom. The second-order valence-electron chi connectivity index (χ2n) is 6.58. The molecule has 0 bridgehead atoms. The minimum atomic E-state index is 0.103. The number of H-pyrrole nitrogens is 1. The predicted molar refractivity (Wildman–Crippen MR) is 85.1 cm³/mol. The van der Waals surface area contributed by atoms with E-state index in [0.29, 0.717) is 19.3 Å². The van der Waals surface area contributed by atoms with Crippen molar-refractivity contribution in [2.24, 2.45) is 5.92 Å². The van der Waals surface area contributed by atoms with E-state index < -0.39 is 0 Å². The van der Waals surface area contributed by atoms with Crippen LogP contribution in [0.5, 0.6) is 0 Å². The quantitative estimate of drug-likeness (QED) is 0.864. The van der Waals surface area contributed by atoms with Crippen LogP contribution < -0.4 is 0 Å². The fraction of sp³-hybridized carbons (Fsp3) is 0.625. The SMILES string of the molecule is CN1CN(CC2=CCCC(Cc3cnc[nH]3)C2)CN(C)C1=O. The summed E-state index contributed by atoms with van der Waals surface area (Å²) >= 11 is 0. The van der Waals surface area contributed by atoms with Gasteiger partial charge in [-0.25, -0.2) is 9.78 Å². The van der Waals surface area contributed by atoms with Crippen molar-refractivity contribution in [2.75, 3.05) is 34.0 Å². The molecule has 3 rings (SSSR count). The van der Waals surface area contributed by atoms with Gasteiger partial charge in [-0.05, 0) is 31.6 Å². The van der Waals surface area contributed by atoms with Gasteiger partial charge < -0.3 is 14.8 Å². The maximum atomic E-state index is 11.8. The highest BCUT2D eigenvalue weighted by Crippen LogP contribution is 2.27. The lowest BCUT2D eigenvalue weighted by molar-refractivity contribution is 0.0602. The van der Waals surface area contributed by atoms with Gasteiger partial charge in [-0.1, -0.05) is 11.6 Å². The van der Waals surface area contributed by atoms with Gasteiger partial charge in [0.1, 0.15) is 0 Å². The summed E-state index contributed by atoms with van der Waals surface area (Å²) in [5, 5.41) is 0. The molecule has 1 unspecified atom stereocenters. The van der Waals surface area contributed by atoms with Crippen molar-refractivity contribution >= 4 is 6.03 Å². The Hall–Kier alpha value is -1.82. The molecule has 22 heavy (non-hydrogen) atoms. The third-order valence-corrected chi connectivity index (χ3v) is 4.53. The number of nitrogens with one attached hydrogen (secondary N) is 1. The number of hydrogen-bond donors (Lipinski definition) is 1. The van der Waals surface area contributed by atoms with E-state index in [4.69, 9.17) is 0 Å². The van der Waals surface area contributed by atoms with Gasteiger partial charge in [0, 0.05) is 32.5 Å².